The number of methoxy groups -OCH3 is 2. The Balaban J connectivity index is 2.53. The van der Waals surface area contributed by atoms with E-state index in [2.05, 4.69) is 0 Å². The van der Waals surface area contributed by atoms with Crippen LogP contribution in [0, 0.1) is 5.21 Å². The monoisotopic (exact) mass is 285 g/mol. The Kier molecular flexibility index (Phi) is 4.56. The van der Waals surface area contributed by atoms with Gasteiger partial charge >= 0.3 is 11.7 Å². The molecule has 21 heavy (non-hydrogen) atoms. The lowest BCUT2D eigenvalue weighted by atomic mass is 10.1. The normalized spacial score (nSPS) is 11.5. The second kappa shape index (κ2) is 6.56. The van der Waals surface area contributed by atoms with Crippen molar-refractivity contribution in [2.45, 2.75) is 0 Å². The zero-order valence-electron chi connectivity index (χ0n) is 11.8. The summed E-state index contributed by atoms with van der Waals surface area (Å²) in [6.07, 6.45) is 0. The van der Waals surface area contributed by atoms with Crippen molar-refractivity contribution in [3.63, 3.8) is 0 Å². The molecular weight excluding hydrogens is 270 g/mol. The van der Waals surface area contributed by atoms with Gasteiger partial charge in [0, 0.05) is 12.1 Å². The Labute approximate surface area is 122 Å². The molecule has 0 aliphatic carbocycles. The number of benzene rings is 2. The van der Waals surface area contributed by atoms with E-state index >= 15 is 0 Å². The van der Waals surface area contributed by atoms with Gasteiger partial charge in [-0.05, 0) is 24.3 Å². The van der Waals surface area contributed by atoms with Gasteiger partial charge in [0.15, 0.2) is 0 Å². The predicted octanol–water partition coefficient (Wildman–Crippen LogP) is 2.50. The molecule has 5 heteroatoms. The van der Waals surface area contributed by atoms with Gasteiger partial charge in [-0.15, -0.1) is 0 Å². The zero-order chi connectivity index (χ0) is 15.2. The van der Waals surface area contributed by atoms with Crippen LogP contribution in [-0.2, 0) is 9.53 Å². The summed E-state index contributed by atoms with van der Waals surface area (Å²) in [5.74, 6) is -0.0569. The van der Waals surface area contributed by atoms with Crippen molar-refractivity contribution >= 4 is 17.4 Å². The van der Waals surface area contributed by atoms with Crippen LogP contribution in [0.5, 0.6) is 5.75 Å². The minimum absolute atomic E-state index is 0.0664. The summed E-state index contributed by atoms with van der Waals surface area (Å²) in [5, 5.41) is 12.5. The molecule has 0 unspecified atom stereocenters. The van der Waals surface area contributed by atoms with E-state index in [4.69, 9.17) is 9.47 Å². The fraction of sp³-hybridized carbons (Fsp3) is 0.125. The molecule has 0 aliphatic rings. The van der Waals surface area contributed by atoms with Gasteiger partial charge < -0.3 is 14.7 Å². The molecule has 0 amide bonds. The van der Waals surface area contributed by atoms with Crippen LogP contribution in [0.3, 0.4) is 0 Å². The molecule has 108 valence electrons. The summed E-state index contributed by atoms with van der Waals surface area (Å²) in [6, 6.07) is 15.1. The first-order valence-corrected chi connectivity index (χ1v) is 6.29. The van der Waals surface area contributed by atoms with Crippen molar-refractivity contribution in [3.8, 4) is 5.75 Å². The quantitative estimate of drug-likeness (QED) is 0.285. The Morgan fingerprint density at radius 2 is 1.62 bits per heavy atom. The van der Waals surface area contributed by atoms with Crippen LogP contribution in [0.4, 0.5) is 5.69 Å². The van der Waals surface area contributed by atoms with Gasteiger partial charge in [0.05, 0.1) is 19.8 Å². The van der Waals surface area contributed by atoms with Crippen molar-refractivity contribution < 1.29 is 19.0 Å². The summed E-state index contributed by atoms with van der Waals surface area (Å²) in [6.45, 7) is 0. The minimum atomic E-state index is -0.688. The van der Waals surface area contributed by atoms with Crippen molar-refractivity contribution in [1.82, 2.24) is 0 Å². The van der Waals surface area contributed by atoms with E-state index < -0.39 is 5.97 Å². The van der Waals surface area contributed by atoms with Gasteiger partial charge in [0.25, 0.3) is 0 Å². The van der Waals surface area contributed by atoms with Crippen LogP contribution in [-0.4, -0.2) is 30.6 Å². The molecule has 0 bridgehead atoms. The Morgan fingerprint density at radius 3 is 2.14 bits per heavy atom. The summed E-state index contributed by atoms with van der Waals surface area (Å²) in [5.41, 5.74) is 0.749. The number of ether oxygens (including phenoxy) is 2. The van der Waals surface area contributed by atoms with Crippen molar-refractivity contribution in [2.75, 3.05) is 14.2 Å². The molecule has 2 aromatic carbocycles. The molecule has 2 aromatic rings. The van der Waals surface area contributed by atoms with Crippen molar-refractivity contribution in [2.24, 2.45) is 0 Å². The highest BCUT2D eigenvalue weighted by Crippen LogP contribution is 2.18. The fourth-order valence-corrected chi connectivity index (χ4v) is 1.86. The maximum absolute atomic E-state index is 12.5. The standard InChI is InChI=1S/C16H15NO4/c1-20-14-10-8-13(9-11-14)17(19)15(16(18)21-2)12-6-4-3-5-7-12/h3-11H,1-2H3/b17-15+. The molecule has 0 atom stereocenters. The third-order valence-electron chi connectivity index (χ3n) is 2.94. The largest absolute Gasteiger partial charge is 0.618 e. The molecule has 5 nitrogen and oxygen atoms in total. The van der Waals surface area contributed by atoms with E-state index in [1.54, 1.807) is 61.7 Å². The molecule has 0 spiro atoms. The minimum Gasteiger partial charge on any atom is -0.618 e. The van der Waals surface area contributed by atoms with Gasteiger partial charge in [-0.2, -0.15) is 4.74 Å². The van der Waals surface area contributed by atoms with E-state index in [1.807, 2.05) is 0 Å². The van der Waals surface area contributed by atoms with E-state index in [1.165, 1.54) is 7.11 Å². The molecule has 0 saturated heterocycles. The Morgan fingerprint density at radius 1 is 1.00 bits per heavy atom. The smallest absolute Gasteiger partial charge is 0.405 e. The number of rotatable bonds is 4. The van der Waals surface area contributed by atoms with Crippen LogP contribution in [0.25, 0.3) is 0 Å². The lowest BCUT2D eigenvalue weighted by molar-refractivity contribution is -0.360. The third-order valence-corrected chi connectivity index (χ3v) is 2.94. The summed E-state index contributed by atoms with van der Waals surface area (Å²) >= 11 is 0. The molecule has 0 aliphatic heterocycles. The highest BCUT2D eigenvalue weighted by Gasteiger charge is 2.24. The van der Waals surface area contributed by atoms with Crippen molar-refractivity contribution in [3.05, 3.63) is 65.4 Å². The average Bonchev–Trinajstić information content (AvgIpc) is 2.55. The lowest BCUT2D eigenvalue weighted by Gasteiger charge is -2.09. The second-order valence-electron chi connectivity index (χ2n) is 4.20. The van der Waals surface area contributed by atoms with Crippen LogP contribution in [0.15, 0.2) is 54.6 Å². The first-order chi connectivity index (χ1) is 10.2. The summed E-state index contributed by atoms with van der Waals surface area (Å²) < 4.78 is 10.3. The third kappa shape index (κ3) is 3.20. The number of carbonyl (C=O) groups excluding carboxylic acids is 1. The van der Waals surface area contributed by atoms with Gasteiger partial charge in [-0.1, -0.05) is 18.2 Å². The van der Waals surface area contributed by atoms with E-state index in [0.717, 1.165) is 0 Å². The van der Waals surface area contributed by atoms with Gasteiger partial charge in [0.1, 0.15) is 5.75 Å². The number of nitrogens with zero attached hydrogens (tertiary/aromatic N) is 1. The Bertz CT molecular complexity index is 648. The van der Waals surface area contributed by atoms with Crippen LogP contribution >= 0.6 is 0 Å². The van der Waals surface area contributed by atoms with E-state index in [-0.39, 0.29) is 5.71 Å². The molecule has 0 N–H and O–H groups in total. The van der Waals surface area contributed by atoms with Gasteiger partial charge in [-0.25, -0.2) is 4.79 Å². The van der Waals surface area contributed by atoms with Crippen LogP contribution in [0.1, 0.15) is 5.56 Å². The highest BCUT2D eigenvalue weighted by atomic mass is 16.5. The maximum Gasteiger partial charge on any atom is 0.405 e. The molecule has 0 heterocycles. The summed E-state index contributed by atoms with van der Waals surface area (Å²) in [7, 11) is 2.78. The number of hydrogen-bond acceptors (Lipinski definition) is 4. The highest BCUT2D eigenvalue weighted by molar-refractivity contribution is 6.41. The molecule has 0 saturated carbocycles. The molecule has 2 rings (SSSR count). The topological polar surface area (TPSA) is 61.6 Å². The Hall–Kier alpha value is -2.82. The molecule has 0 fully saturated rings. The number of esters is 1. The van der Waals surface area contributed by atoms with Crippen LogP contribution < -0.4 is 4.74 Å². The second-order valence-corrected chi connectivity index (χ2v) is 4.20. The molecule has 0 aromatic heterocycles. The number of hydrogen-bond donors (Lipinski definition) is 0. The zero-order valence-corrected chi connectivity index (χ0v) is 11.8. The predicted molar refractivity (Wildman–Crippen MR) is 78.8 cm³/mol. The fourth-order valence-electron chi connectivity index (χ4n) is 1.86. The maximum atomic E-state index is 12.5. The van der Waals surface area contributed by atoms with E-state index in [9.17, 15) is 10.0 Å². The molecule has 0 radical (unpaired) electrons. The van der Waals surface area contributed by atoms with Gasteiger partial charge in [-0.3, -0.25) is 0 Å². The number of carbonyl (C=O) groups is 1. The van der Waals surface area contributed by atoms with Gasteiger partial charge in [0.2, 0.25) is 5.69 Å². The first-order valence-electron chi connectivity index (χ1n) is 6.29. The first kappa shape index (κ1) is 14.6. The summed E-state index contributed by atoms with van der Waals surface area (Å²) in [4.78, 5) is 11.9. The SMILES string of the molecule is COC(=O)/C(c1ccccc1)=[N+](/[O-])c1ccc(OC)cc1. The van der Waals surface area contributed by atoms with E-state index in [0.29, 0.717) is 21.7 Å². The average molecular weight is 285 g/mol. The van der Waals surface area contributed by atoms with Crippen LogP contribution in [0.2, 0.25) is 0 Å². The van der Waals surface area contributed by atoms with Crippen molar-refractivity contribution in [1.29, 1.82) is 0 Å². The lowest BCUT2D eigenvalue weighted by Crippen LogP contribution is -2.24. The molecular formula is C16H15NO4.